The summed E-state index contributed by atoms with van der Waals surface area (Å²) in [5.74, 6) is 0.959. The van der Waals surface area contributed by atoms with Gasteiger partial charge in [0.2, 0.25) is 5.88 Å². The fourth-order valence-corrected chi connectivity index (χ4v) is 6.06. The highest BCUT2D eigenvalue weighted by molar-refractivity contribution is 6.04. The quantitative estimate of drug-likeness (QED) is 0.384. The Hall–Kier alpha value is -3.13. The number of pyridine rings is 1. The van der Waals surface area contributed by atoms with Gasteiger partial charge in [-0.15, -0.1) is 0 Å². The summed E-state index contributed by atoms with van der Waals surface area (Å²) in [4.78, 5) is 31.7. The van der Waals surface area contributed by atoms with Crippen LogP contribution in [0.1, 0.15) is 73.7 Å². The van der Waals surface area contributed by atoms with Crippen LogP contribution in [0.25, 0.3) is 0 Å². The molecule has 1 aromatic carbocycles. The first kappa shape index (κ1) is 27.4. The Bertz CT molecular complexity index is 1150. The average molecular weight is 537 g/mol. The smallest absolute Gasteiger partial charge is 0.306 e. The van der Waals surface area contributed by atoms with Gasteiger partial charge in [-0.2, -0.15) is 0 Å². The number of carboxylic acids is 1. The maximum absolute atomic E-state index is 13.3. The monoisotopic (exact) mass is 536 g/mol. The number of ether oxygens (including phenoxy) is 3. The molecule has 8 nitrogen and oxygen atoms in total. The Morgan fingerprint density at radius 2 is 1.90 bits per heavy atom. The number of piperidine rings is 1. The largest absolute Gasteiger partial charge is 0.497 e. The van der Waals surface area contributed by atoms with Gasteiger partial charge in [-0.05, 0) is 86.5 Å². The third-order valence-corrected chi connectivity index (χ3v) is 8.57. The molecule has 0 spiro atoms. The molecule has 1 aliphatic carbocycles. The number of anilines is 1. The molecule has 0 amide bonds. The van der Waals surface area contributed by atoms with Crippen molar-refractivity contribution in [3.05, 3.63) is 47.7 Å². The van der Waals surface area contributed by atoms with Gasteiger partial charge in [0, 0.05) is 43.6 Å². The van der Waals surface area contributed by atoms with E-state index in [1.807, 2.05) is 30.3 Å². The van der Waals surface area contributed by atoms with Crippen molar-refractivity contribution in [2.24, 2.45) is 17.8 Å². The van der Waals surface area contributed by atoms with E-state index in [1.54, 1.807) is 20.2 Å². The van der Waals surface area contributed by atoms with E-state index < -0.39 is 11.9 Å². The van der Waals surface area contributed by atoms with Crippen LogP contribution in [-0.4, -0.2) is 61.4 Å². The molecule has 8 heteroatoms. The highest BCUT2D eigenvalue weighted by Crippen LogP contribution is 2.47. The Balaban J connectivity index is 1.20. The molecule has 3 atom stereocenters. The van der Waals surface area contributed by atoms with E-state index in [0.717, 1.165) is 75.0 Å². The SMILES string of the molecule is COc1ccc(C(=O)C2CCCCO2)c(N2CCC(COc3cc([C@H](C4CC4)[C@H](C)C(=O)O)ccn3)CC2)c1. The van der Waals surface area contributed by atoms with Crippen LogP contribution in [0.5, 0.6) is 11.6 Å². The van der Waals surface area contributed by atoms with Gasteiger partial charge in [0.15, 0.2) is 5.78 Å². The molecule has 3 fully saturated rings. The molecule has 2 saturated heterocycles. The lowest BCUT2D eigenvalue weighted by Crippen LogP contribution is -2.37. The van der Waals surface area contributed by atoms with E-state index in [0.29, 0.717) is 36.5 Å². The fourth-order valence-electron chi connectivity index (χ4n) is 6.06. The molecule has 0 bridgehead atoms. The number of aliphatic carboxylic acids is 1. The van der Waals surface area contributed by atoms with Gasteiger partial charge >= 0.3 is 5.97 Å². The molecule has 2 aliphatic heterocycles. The third kappa shape index (κ3) is 6.55. The summed E-state index contributed by atoms with van der Waals surface area (Å²) in [6.45, 7) is 4.64. The summed E-state index contributed by atoms with van der Waals surface area (Å²) in [6, 6.07) is 9.56. The molecule has 5 rings (SSSR count). The number of carbonyl (C=O) groups excluding carboxylic acids is 1. The number of nitrogens with zero attached hydrogens (tertiary/aromatic N) is 2. The van der Waals surface area contributed by atoms with Crippen LogP contribution in [0.4, 0.5) is 5.69 Å². The van der Waals surface area contributed by atoms with Crippen LogP contribution in [0, 0.1) is 17.8 Å². The normalized spacial score (nSPS) is 21.7. The summed E-state index contributed by atoms with van der Waals surface area (Å²) in [5.41, 5.74) is 2.63. The molecule has 1 unspecified atom stereocenters. The first-order valence-electron chi connectivity index (χ1n) is 14.3. The Morgan fingerprint density at radius 3 is 2.56 bits per heavy atom. The van der Waals surface area contributed by atoms with Gasteiger partial charge in [-0.3, -0.25) is 9.59 Å². The van der Waals surface area contributed by atoms with Crippen molar-refractivity contribution >= 4 is 17.4 Å². The lowest BCUT2D eigenvalue weighted by molar-refractivity contribution is -0.142. The highest BCUT2D eigenvalue weighted by atomic mass is 16.5. The second kappa shape index (κ2) is 12.4. The molecule has 1 aromatic heterocycles. The van der Waals surface area contributed by atoms with Crippen LogP contribution >= 0.6 is 0 Å². The van der Waals surface area contributed by atoms with E-state index in [4.69, 9.17) is 14.2 Å². The van der Waals surface area contributed by atoms with Crippen LogP contribution in [0.3, 0.4) is 0 Å². The molecular formula is C31H40N2O6. The minimum Gasteiger partial charge on any atom is -0.497 e. The second-order valence-electron chi connectivity index (χ2n) is 11.3. The molecule has 1 saturated carbocycles. The summed E-state index contributed by atoms with van der Waals surface area (Å²) < 4.78 is 17.4. The zero-order chi connectivity index (χ0) is 27.4. The standard InChI is InChI=1S/C31H40N2O6/c1-20(31(35)36)29(22-6-7-22)23-10-13-32-28(17-23)39-19-21-11-14-33(15-12-21)26-18-24(37-2)8-9-25(26)30(34)27-5-3-4-16-38-27/h8-10,13,17-18,20-22,27,29H,3-7,11-12,14-16,19H2,1-2H3,(H,35,36)/t20-,27?,29-/m0/s1. The zero-order valence-electron chi connectivity index (χ0n) is 23.0. The topological polar surface area (TPSA) is 98.2 Å². The van der Waals surface area contributed by atoms with Gasteiger partial charge in [-0.1, -0.05) is 6.92 Å². The number of hydrogen-bond acceptors (Lipinski definition) is 7. The van der Waals surface area contributed by atoms with Crippen molar-refractivity contribution in [2.75, 3.05) is 38.3 Å². The number of carbonyl (C=O) groups is 2. The number of methoxy groups -OCH3 is 1. The van der Waals surface area contributed by atoms with Crippen LogP contribution in [0.2, 0.25) is 0 Å². The molecule has 2 aromatic rings. The number of ketones is 1. The van der Waals surface area contributed by atoms with Crippen molar-refractivity contribution in [1.29, 1.82) is 0 Å². The lowest BCUT2D eigenvalue weighted by atomic mass is 9.84. The Kier molecular flexibility index (Phi) is 8.70. The van der Waals surface area contributed by atoms with Crippen LogP contribution in [0.15, 0.2) is 36.5 Å². The van der Waals surface area contributed by atoms with E-state index in [-0.39, 0.29) is 17.8 Å². The van der Waals surface area contributed by atoms with E-state index >= 15 is 0 Å². The maximum Gasteiger partial charge on any atom is 0.306 e. The number of Topliss-reactive ketones (excluding diaryl/α,β-unsaturated/α-hetero) is 1. The number of hydrogen-bond donors (Lipinski definition) is 1. The maximum atomic E-state index is 13.3. The summed E-state index contributed by atoms with van der Waals surface area (Å²) >= 11 is 0. The summed E-state index contributed by atoms with van der Waals surface area (Å²) in [7, 11) is 1.65. The third-order valence-electron chi connectivity index (χ3n) is 8.57. The van der Waals surface area contributed by atoms with E-state index in [1.165, 1.54) is 0 Å². The number of benzene rings is 1. The Labute approximate surface area is 230 Å². The number of rotatable bonds is 11. The van der Waals surface area contributed by atoms with Crippen LogP contribution < -0.4 is 14.4 Å². The predicted molar refractivity (Wildman–Crippen MR) is 148 cm³/mol. The lowest BCUT2D eigenvalue weighted by Gasteiger charge is -2.35. The first-order valence-corrected chi connectivity index (χ1v) is 14.3. The van der Waals surface area contributed by atoms with E-state index in [2.05, 4.69) is 9.88 Å². The molecule has 3 heterocycles. The van der Waals surface area contributed by atoms with Gasteiger partial charge in [0.1, 0.15) is 11.9 Å². The molecule has 39 heavy (non-hydrogen) atoms. The minimum absolute atomic E-state index is 0.00475. The number of carboxylic acid groups (broad SMARTS) is 1. The van der Waals surface area contributed by atoms with Gasteiger partial charge in [0.05, 0.1) is 25.3 Å². The van der Waals surface area contributed by atoms with Crippen molar-refractivity contribution in [1.82, 2.24) is 4.98 Å². The van der Waals surface area contributed by atoms with Crippen molar-refractivity contribution in [2.45, 2.75) is 63.9 Å². The summed E-state index contributed by atoms with van der Waals surface area (Å²) in [5, 5.41) is 9.60. The first-order chi connectivity index (χ1) is 18.9. The Morgan fingerprint density at radius 1 is 1.10 bits per heavy atom. The van der Waals surface area contributed by atoms with E-state index in [9.17, 15) is 14.7 Å². The number of aromatic nitrogens is 1. The average Bonchev–Trinajstić information content (AvgIpc) is 3.81. The molecule has 210 valence electrons. The highest BCUT2D eigenvalue weighted by Gasteiger charge is 2.39. The van der Waals surface area contributed by atoms with Gasteiger partial charge in [0.25, 0.3) is 0 Å². The van der Waals surface area contributed by atoms with Gasteiger partial charge < -0.3 is 24.2 Å². The van der Waals surface area contributed by atoms with Crippen LogP contribution in [-0.2, 0) is 9.53 Å². The predicted octanol–water partition coefficient (Wildman–Crippen LogP) is 5.35. The molecular weight excluding hydrogens is 496 g/mol. The van der Waals surface area contributed by atoms with Gasteiger partial charge in [-0.25, -0.2) is 4.98 Å². The zero-order valence-corrected chi connectivity index (χ0v) is 23.0. The second-order valence-corrected chi connectivity index (χ2v) is 11.3. The summed E-state index contributed by atoms with van der Waals surface area (Å²) in [6.07, 6.45) is 8.20. The van der Waals surface area contributed by atoms with Crippen molar-refractivity contribution in [3.63, 3.8) is 0 Å². The van der Waals surface area contributed by atoms with Crippen molar-refractivity contribution in [3.8, 4) is 11.6 Å². The van der Waals surface area contributed by atoms with Crippen molar-refractivity contribution < 1.29 is 28.9 Å². The molecule has 3 aliphatic rings. The minimum atomic E-state index is -0.759. The molecule has 1 N–H and O–H groups in total. The fraction of sp³-hybridized carbons (Fsp3) is 0.581. The molecule has 0 radical (unpaired) electrons.